The van der Waals surface area contributed by atoms with Crippen molar-refractivity contribution in [3.8, 4) is 0 Å². The Balaban J connectivity index is 2.17. The molecule has 146 valence electrons. The Morgan fingerprint density at radius 2 is 2.04 bits per heavy atom. The number of rotatable bonds is 3. The van der Waals surface area contributed by atoms with Crippen molar-refractivity contribution >= 4 is 14.5 Å². The molecule has 3 rings (SSSR count). The van der Waals surface area contributed by atoms with Gasteiger partial charge in [0.05, 0.1) is 23.3 Å². The first-order valence-electron chi connectivity index (χ1n) is 8.68. The maximum absolute atomic E-state index is 13.8. The van der Waals surface area contributed by atoms with Gasteiger partial charge in [0, 0.05) is 18.5 Å². The van der Waals surface area contributed by atoms with E-state index in [0.717, 1.165) is 0 Å². The van der Waals surface area contributed by atoms with Gasteiger partial charge in [0.2, 0.25) is 0 Å². The van der Waals surface area contributed by atoms with Gasteiger partial charge in [0.1, 0.15) is 5.82 Å². The van der Waals surface area contributed by atoms with Gasteiger partial charge in [-0.25, -0.2) is 9.97 Å². The Hall–Kier alpha value is -1.95. The van der Waals surface area contributed by atoms with Crippen LogP contribution in [-0.4, -0.2) is 28.7 Å². The van der Waals surface area contributed by atoms with Gasteiger partial charge in [-0.05, 0) is 52.7 Å². The standard InChI is InChI=1S/C18H22F3N4OP/c1-9-5-12-13(22-8-23-17(12)26)7-11(9)16-15(18(19,20)21)10(2)6-14(24-16)25(3)27-4/h6,8-9,11,27H,5,7H2,1-4H3,(H,22,23,26). The van der Waals surface area contributed by atoms with Crippen molar-refractivity contribution in [2.75, 3.05) is 18.4 Å². The van der Waals surface area contributed by atoms with Crippen molar-refractivity contribution in [2.24, 2.45) is 5.92 Å². The second kappa shape index (κ2) is 7.23. The Labute approximate surface area is 157 Å². The summed E-state index contributed by atoms with van der Waals surface area (Å²) in [6, 6.07) is 1.49. The number of hydrogen-bond acceptors (Lipinski definition) is 4. The van der Waals surface area contributed by atoms with Gasteiger partial charge in [-0.1, -0.05) is 6.92 Å². The fraction of sp³-hybridized carbons (Fsp3) is 0.500. The smallest absolute Gasteiger partial charge is 0.342 e. The third kappa shape index (κ3) is 3.72. The lowest BCUT2D eigenvalue weighted by Crippen LogP contribution is -2.31. The predicted octanol–water partition coefficient (Wildman–Crippen LogP) is 3.67. The van der Waals surface area contributed by atoms with Crippen LogP contribution in [-0.2, 0) is 19.0 Å². The molecule has 2 aromatic rings. The van der Waals surface area contributed by atoms with E-state index in [0.29, 0.717) is 32.2 Å². The normalized spacial score (nSPS) is 20.1. The number of halogens is 3. The molecule has 0 radical (unpaired) electrons. The lowest BCUT2D eigenvalue weighted by molar-refractivity contribution is -0.139. The van der Waals surface area contributed by atoms with E-state index in [1.807, 2.05) is 25.3 Å². The molecular formula is C18H22F3N4OP. The minimum absolute atomic E-state index is 0.0582. The molecule has 0 bridgehead atoms. The van der Waals surface area contributed by atoms with E-state index in [2.05, 4.69) is 15.0 Å². The van der Waals surface area contributed by atoms with E-state index in [1.54, 1.807) is 0 Å². The fourth-order valence-electron chi connectivity index (χ4n) is 3.69. The molecular weight excluding hydrogens is 376 g/mol. The maximum atomic E-state index is 13.8. The van der Waals surface area contributed by atoms with E-state index in [4.69, 9.17) is 0 Å². The molecule has 0 aliphatic heterocycles. The Bertz CT molecular complexity index is 912. The van der Waals surface area contributed by atoms with Crippen LogP contribution in [0.3, 0.4) is 0 Å². The quantitative estimate of drug-likeness (QED) is 0.802. The average Bonchev–Trinajstić information content (AvgIpc) is 2.59. The molecule has 0 amide bonds. The third-order valence-electron chi connectivity index (χ3n) is 5.21. The highest BCUT2D eigenvalue weighted by atomic mass is 31.1. The highest BCUT2D eigenvalue weighted by Gasteiger charge is 2.41. The Kier molecular flexibility index (Phi) is 5.30. The summed E-state index contributed by atoms with van der Waals surface area (Å²) in [7, 11) is 2.21. The molecule has 0 fully saturated rings. The molecule has 9 heteroatoms. The van der Waals surface area contributed by atoms with Crippen LogP contribution < -0.4 is 10.2 Å². The molecule has 0 spiro atoms. The number of hydrogen-bond donors (Lipinski definition) is 1. The molecule has 0 saturated carbocycles. The first-order valence-corrected chi connectivity index (χ1v) is 10.1. The second-order valence-corrected chi connectivity index (χ2v) is 8.10. The topological polar surface area (TPSA) is 61.9 Å². The molecule has 3 atom stereocenters. The molecule has 2 heterocycles. The summed E-state index contributed by atoms with van der Waals surface area (Å²) >= 11 is 0. The molecule has 1 aliphatic carbocycles. The second-order valence-electron chi connectivity index (χ2n) is 6.99. The van der Waals surface area contributed by atoms with Crippen molar-refractivity contribution in [3.63, 3.8) is 0 Å². The number of anilines is 1. The first-order chi connectivity index (χ1) is 12.6. The van der Waals surface area contributed by atoms with Crippen LogP contribution in [0.4, 0.5) is 19.0 Å². The zero-order valence-electron chi connectivity index (χ0n) is 15.6. The maximum Gasteiger partial charge on any atom is 0.418 e. The van der Waals surface area contributed by atoms with Crippen molar-refractivity contribution in [3.05, 3.63) is 50.8 Å². The van der Waals surface area contributed by atoms with Crippen LogP contribution in [0.1, 0.15) is 40.9 Å². The summed E-state index contributed by atoms with van der Waals surface area (Å²) in [4.78, 5) is 23.2. The molecule has 0 aromatic carbocycles. The van der Waals surface area contributed by atoms with E-state index in [9.17, 15) is 18.0 Å². The molecule has 3 unspecified atom stereocenters. The molecule has 27 heavy (non-hydrogen) atoms. The molecule has 0 saturated heterocycles. The Morgan fingerprint density at radius 1 is 1.33 bits per heavy atom. The van der Waals surface area contributed by atoms with Gasteiger partial charge >= 0.3 is 6.18 Å². The van der Waals surface area contributed by atoms with Crippen LogP contribution in [0.5, 0.6) is 0 Å². The summed E-state index contributed by atoms with van der Waals surface area (Å²) < 4.78 is 43.4. The monoisotopic (exact) mass is 398 g/mol. The zero-order valence-corrected chi connectivity index (χ0v) is 16.6. The van der Waals surface area contributed by atoms with E-state index < -0.39 is 17.7 Å². The summed E-state index contributed by atoms with van der Waals surface area (Å²) in [5.41, 5.74) is 0.475. The molecule has 5 nitrogen and oxygen atoms in total. The number of aromatic amines is 1. The predicted molar refractivity (Wildman–Crippen MR) is 101 cm³/mol. The van der Waals surface area contributed by atoms with Gasteiger partial charge in [-0.15, -0.1) is 0 Å². The van der Waals surface area contributed by atoms with Crippen LogP contribution in [0, 0.1) is 12.8 Å². The van der Waals surface area contributed by atoms with Gasteiger partial charge in [0.15, 0.2) is 0 Å². The summed E-state index contributed by atoms with van der Waals surface area (Å²) in [5, 5.41) is 0. The van der Waals surface area contributed by atoms with Crippen molar-refractivity contribution in [1.82, 2.24) is 15.0 Å². The van der Waals surface area contributed by atoms with E-state index in [1.165, 1.54) is 19.3 Å². The third-order valence-corrected chi connectivity index (χ3v) is 6.11. The number of pyridine rings is 1. The van der Waals surface area contributed by atoms with Crippen molar-refractivity contribution in [2.45, 2.75) is 38.8 Å². The van der Waals surface area contributed by atoms with Crippen molar-refractivity contribution in [1.29, 1.82) is 0 Å². The number of aryl methyl sites for hydroxylation is 1. The average molecular weight is 398 g/mol. The lowest BCUT2D eigenvalue weighted by atomic mass is 9.75. The zero-order chi connectivity index (χ0) is 19.9. The minimum Gasteiger partial charge on any atom is -0.342 e. The van der Waals surface area contributed by atoms with Gasteiger partial charge < -0.3 is 9.65 Å². The first kappa shape index (κ1) is 19.8. The number of H-pyrrole nitrogens is 1. The van der Waals surface area contributed by atoms with E-state index >= 15 is 0 Å². The largest absolute Gasteiger partial charge is 0.418 e. The highest BCUT2D eigenvalue weighted by molar-refractivity contribution is 7.39. The Morgan fingerprint density at radius 3 is 2.67 bits per heavy atom. The molecule has 2 aromatic heterocycles. The number of nitrogens with one attached hydrogen (secondary N) is 1. The van der Waals surface area contributed by atoms with Crippen LogP contribution in [0.25, 0.3) is 0 Å². The summed E-state index contributed by atoms with van der Waals surface area (Å²) in [5.74, 6) is -0.0655. The number of nitrogens with zero attached hydrogens (tertiary/aromatic N) is 3. The molecule has 1 N–H and O–H groups in total. The van der Waals surface area contributed by atoms with Crippen LogP contribution in [0.2, 0.25) is 0 Å². The number of fused-ring (bicyclic) bond motifs is 1. The lowest BCUT2D eigenvalue weighted by Gasteiger charge is -2.32. The van der Waals surface area contributed by atoms with Gasteiger partial charge in [-0.2, -0.15) is 13.2 Å². The molecule has 1 aliphatic rings. The minimum atomic E-state index is -4.49. The number of alkyl halides is 3. The van der Waals surface area contributed by atoms with Gasteiger partial charge in [0.25, 0.3) is 5.56 Å². The number of aromatic nitrogens is 3. The van der Waals surface area contributed by atoms with Crippen LogP contribution >= 0.6 is 8.73 Å². The van der Waals surface area contributed by atoms with Crippen LogP contribution in [0.15, 0.2) is 17.2 Å². The summed E-state index contributed by atoms with van der Waals surface area (Å²) in [6.45, 7) is 5.30. The van der Waals surface area contributed by atoms with Crippen molar-refractivity contribution < 1.29 is 13.2 Å². The fourth-order valence-corrected chi connectivity index (χ4v) is 4.04. The highest BCUT2D eigenvalue weighted by Crippen LogP contribution is 2.43. The SMILES string of the molecule is CPN(C)c1cc(C)c(C(F)(F)F)c(C2Cc3nc[nH]c(=O)c3CC2C)n1. The van der Waals surface area contributed by atoms with Gasteiger partial charge in [-0.3, -0.25) is 4.79 Å². The summed E-state index contributed by atoms with van der Waals surface area (Å²) in [6.07, 6.45) is -2.52. The van der Waals surface area contributed by atoms with E-state index in [-0.39, 0.29) is 29.2 Å².